The maximum atomic E-state index is 4.45. The van der Waals surface area contributed by atoms with Crippen LogP contribution in [-0.2, 0) is 0 Å². The van der Waals surface area contributed by atoms with E-state index in [0.717, 1.165) is 28.5 Å². The summed E-state index contributed by atoms with van der Waals surface area (Å²) < 4.78 is 2.05. The van der Waals surface area contributed by atoms with Crippen molar-refractivity contribution in [3.63, 3.8) is 0 Å². The van der Waals surface area contributed by atoms with Gasteiger partial charge in [0.05, 0.1) is 0 Å². The van der Waals surface area contributed by atoms with Crippen LogP contribution in [0, 0.1) is 0 Å². The van der Waals surface area contributed by atoms with Gasteiger partial charge in [-0.25, -0.2) is 9.97 Å². The van der Waals surface area contributed by atoms with Crippen LogP contribution in [0.5, 0.6) is 0 Å². The first-order chi connectivity index (χ1) is 10.9. The van der Waals surface area contributed by atoms with E-state index in [0.29, 0.717) is 0 Å². The summed E-state index contributed by atoms with van der Waals surface area (Å²) in [5.41, 5.74) is 3.05. The summed E-state index contributed by atoms with van der Waals surface area (Å²) >= 11 is 0. The molecular formula is C17H13N5. The zero-order chi connectivity index (χ0) is 14.8. The van der Waals surface area contributed by atoms with Gasteiger partial charge < -0.3 is 4.98 Å². The van der Waals surface area contributed by atoms with Crippen molar-refractivity contribution < 1.29 is 0 Å². The third kappa shape index (κ3) is 2.18. The Morgan fingerprint density at radius 1 is 0.909 bits per heavy atom. The molecule has 0 spiro atoms. The first-order valence-electron chi connectivity index (χ1n) is 6.96. The van der Waals surface area contributed by atoms with E-state index < -0.39 is 0 Å². The molecule has 0 radical (unpaired) electrons. The minimum atomic E-state index is 0.852. The molecule has 0 fully saturated rings. The Morgan fingerprint density at radius 2 is 1.86 bits per heavy atom. The summed E-state index contributed by atoms with van der Waals surface area (Å²) in [6.07, 6.45) is 10.9. The van der Waals surface area contributed by atoms with E-state index in [2.05, 4.69) is 26.0 Å². The van der Waals surface area contributed by atoms with Crippen LogP contribution in [0.3, 0.4) is 0 Å². The highest BCUT2D eigenvalue weighted by Crippen LogP contribution is 2.23. The smallest absolute Gasteiger partial charge is 0.146 e. The van der Waals surface area contributed by atoms with Crippen LogP contribution >= 0.6 is 0 Å². The molecule has 5 heteroatoms. The van der Waals surface area contributed by atoms with E-state index in [1.807, 2.05) is 53.5 Å². The highest BCUT2D eigenvalue weighted by atomic mass is 15.1. The highest BCUT2D eigenvalue weighted by molar-refractivity contribution is 5.62. The average molecular weight is 287 g/mol. The molecule has 3 aromatic heterocycles. The van der Waals surface area contributed by atoms with Gasteiger partial charge in [0, 0.05) is 54.0 Å². The fourth-order valence-corrected chi connectivity index (χ4v) is 2.45. The van der Waals surface area contributed by atoms with E-state index in [9.17, 15) is 0 Å². The summed E-state index contributed by atoms with van der Waals surface area (Å²) in [4.78, 5) is 16.0. The monoisotopic (exact) mass is 287 g/mol. The third-order valence-electron chi connectivity index (χ3n) is 3.46. The number of H-pyrrole nitrogens is 1. The summed E-state index contributed by atoms with van der Waals surface area (Å²) in [5.74, 6) is 1.72. The second-order valence-electron chi connectivity index (χ2n) is 4.85. The van der Waals surface area contributed by atoms with Crippen molar-refractivity contribution in [3.8, 4) is 28.5 Å². The van der Waals surface area contributed by atoms with Gasteiger partial charge in [0.2, 0.25) is 0 Å². The fourth-order valence-electron chi connectivity index (χ4n) is 2.45. The number of nitrogens with one attached hydrogen (secondary N) is 1. The Morgan fingerprint density at radius 3 is 2.68 bits per heavy atom. The summed E-state index contributed by atoms with van der Waals surface area (Å²) in [6.45, 7) is 0. The third-order valence-corrected chi connectivity index (χ3v) is 3.46. The number of hydrogen-bond donors (Lipinski definition) is 1. The van der Waals surface area contributed by atoms with Crippen LogP contribution in [0.4, 0.5) is 0 Å². The molecule has 1 N–H and O–H groups in total. The van der Waals surface area contributed by atoms with Gasteiger partial charge in [-0.2, -0.15) is 0 Å². The van der Waals surface area contributed by atoms with Crippen molar-refractivity contribution in [2.45, 2.75) is 0 Å². The Labute approximate surface area is 127 Å². The molecule has 0 saturated heterocycles. The molecule has 0 saturated carbocycles. The van der Waals surface area contributed by atoms with E-state index in [-0.39, 0.29) is 0 Å². The maximum Gasteiger partial charge on any atom is 0.146 e. The molecule has 4 rings (SSSR count). The Bertz CT molecular complexity index is 878. The largest absolute Gasteiger partial charge is 0.345 e. The van der Waals surface area contributed by atoms with Gasteiger partial charge in [-0.05, 0) is 24.3 Å². The van der Waals surface area contributed by atoms with Crippen LogP contribution in [0.25, 0.3) is 28.5 Å². The highest BCUT2D eigenvalue weighted by Gasteiger charge is 2.09. The van der Waals surface area contributed by atoms with E-state index in [4.69, 9.17) is 0 Å². The van der Waals surface area contributed by atoms with Gasteiger partial charge in [-0.15, -0.1) is 0 Å². The van der Waals surface area contributed by atoms with E-state index in [1.54, 1.807) is 18.6 Å². The lowest BCUT2D eigenvalue weighted by atomic mass is 10.2. The van der Waals surface area contributed by atoms with Crippen molar-refractivity contribution in [1.29, 1.82) is 0 Å². The average Bonchev–Trinajstić information content (AvgIpc) is 3.27. The van der Waals surface area contributed by atoms with Gasteiger partial charge in [0.1, 0.15) is 11.6 Å². The lowest BCUT2D eigenvalue weighted by molar-refractivity contribution is 1.06. The second-order valence-corrected chi connectivity index (χ2v) is 4.85. The molecule has 0 aliphatic rings. The van der Waals surface area contributed by atoms with Gasteiger partial charge in [-0.3, -0.25) is 9.55 Å². The molecule has 0 aliphatic heterocycles. The van der Waals surface area contributed by atoms with Crippen LogP contribution < -0.4 is 0 Å². The second kappa shape index (κ2) is 5.29. The van der Waals surface area contributed by atoms with E-state index in [1.165, 1.54) is 0 Å². The number of rotatable bonds is 3. The van der Waals surface area contributed by atoms with Crippen LogP contribution in [0.2, 0.25) is 0 Å². The molecule has 0 bridgehead atoms. The number of aromatic nitrogens is 5. The Kier molecular flexibility index (Phi) is 3.01. The minimum Gasteiger partial charge on any atom is -0.345 e. The number of aromatic amines is 1. The lowest BCUT2D eigenvalue weighted by Gasteiger charge is -2.09. The van der Waals surface area contributed by atoms with Gasteiger partial charge in [0.25, 0.3) is 0 Å². The molecule has 0 aliphatic carbocycles. The molecule has 4 aromatic rings. The SMILES string of the molecule is c1cncc(-c2nccn2-c2cccc(-c3ncc[nH]3)c2)c1. The predicted octanol–water partition coefficient (Wildman–Crippen LogP) is 3.32. The molecular weight excluding hydrogens is 274 g/mol. The zero-order valence-electron chi connectivity index (χ0n) is 11.7. The number of nitrogens with zero attached hydrogens (tertiary/aromatic N) is 4. The molecule has 0 atom stereocenters. The van der Waals surface area contributed by atoms with Crippen molar-refractivity contribution >= 4 is 0 Å². The number of pyridine rings is 1. The molecule has 0 amide bonds. The summed E-state index contributed by atoms with van der Waals surface area (Å²) in [6, 6.07) is 12.1. The first-order valence-corrected chi connectivity index (χ1v) is 6.96. The molecule has 106 valence electrons. The molecule has 1 aromatic carbocycles. The van der Waals surface area contributed by atoms with Crippen molar-refractivity contribution in [1.82, 2.24) is 24.5 Å². The zero-order valence-corrected chi connectivity index (χ0v) is 11.7. The van der Waals surface area contributed by atoms with E-state index >= 15 is 0 Å². The Balaban J connectivity index is 1.81. The minimum absolute atomic E-state index is 0.852. The molecule has 5 nitrogen and oxygen atoms in total. The van der Waals surface area contributed by atoms with Gasteiger partial charge in [-0.1, -0.05) is 12.1 Å². The van der Waals surface area contributed by atoms with Crippen LogP contribution in [0.15, 0.2) is 73.6 Å². The lowest BCUT2D eigenvalue weighted by Crippen LogP contribution is -1.97. The first kappa shape index (κ1) is 12.5. The standard InChI is InChI=1S/C17H13N5/c1-3-13(16-19-7-8-20-16)11-15(5-1)22-10-9-21-17(22)14-4-2-6-18-12-14/h1-12H,(H,19,20). The predicted molar refractivity (Wildman–Crippen MR) is 84.4 cm³/mol. The van der Waals surface area contributed by atoms with Crippen molar-refractivity contribution in [3.05, 3.63) is 73.6 Å². The number of imidazole rings is 2. The normalized spacial score (nSPS) is 10.7. The van der Waals surface area contributed by atoms with Crippen LogP contribution in [0.1, 0.15) is 0 Å². The summed E-state index contributed by atoms with van der Waals surface area (Å²) in [5, 5.41) is 0. The van der Waals surface area contributed by atoms with Crippen LogP contribution in [-0.4, -0.2) is 24.5 Å². The quantitative estimate of drug-likeness (QED) is 0.629. The van der Waals surface area contributed by atoms with Crippen molar-refractivity contribution in [2.75, 3.05) is 0 Å². The van der Waals surface area contributed by atoms with Crippen molar-refractivity contribution in [2.24, 2.45) is 0 Å². The molecule has 3 heterocycles. The number of hydrogen-bond acceptors (Lipinski definition) is 3. The summed E-state index contributed by atoms with van der Waals surface area (Å²) in [7, 11) is 0. The topological polar surface area (TPSA) is 59.4 Å². The maximum absolute atomic E-state index is 4.45. The van der Waals surface area contributed by atoms with Gasteiger partial charge in [0.15, 0.2) is 0 Å². The number of benzene rings is 1. The molecule has 22 heavy (non-hydrogen) atoms. The Hall–Kier alpha value is -3.21. The van der Waals surface area contributed by atoms with Gasteiger partial charge >= 0.3 is 0 Å². The molecule has 0 unspecified atom stereocenters. The fraction of sp³-hybridized carbons (Fsp3) is 0.